The molecule has 0 heterocycles. The molecule has 1 aromatic rings. The summed E-state index contributed by atoms with van der Waals surface area (Å²) < 4.78 is 26.6. The third kappa shape index (κ3) is 2.02. The number of hydrogen-bond donors (Lipinski definition) is 1. The predicted molar refractivity (Wildman–Crippen MR) is 55.3 cm³/mol. The van der Waals surface area contributed by atoms with Crippen molar-refractivity contribution in [1.82, 2.24) is 0 Å². The van der Waals surface area contributed by atoms with Crippen molar-refractivity contribution in [2.45, 2.75) is 37.6 Å². The van der Waals surface area contributed by atoms with Gasteiger partial charge in [0.05, 0.1) is 0 Å². The molecule has 2 N–H and O–H groups in total. The SMILES string of the molecule is NC1(c2cc(F)ccc2F)CCCCC1. The molecule has 1 aliphatic rings. The average Bonchev–Trinajstić information content (AvgIpc) is 2.23. The summed E-state index contributed by atoms with van der Waals surface area (Å²) in [5.74, 6) is -0.803. The average molecular weight is 211 g/mol. The summed E-state index contributed by atoms with van der Waals surface area (Å²) in [5.41, 5.74) is 5.82. The molecule has 1 nitrogen and oxygen atoms in total. The fourth-order valence-electron chi connectivity index (χ4n) is 2.33. The largest absolute Gasteiger partial charge is 0.321 e. The van der Waals surface area contributed by atoms with Crippen molar-refractivity contribution in [1.29, 1.82) is 0 Å². The van der Waals surface area contributed by atoms with E-state index in [1.54, 1.807) is 0 Å². The van der Waals surface area contributed by atoms with Gasteiger partial charge in [0, 0.05) is 11.1 Å². The minimum absolute atomic E-state index is 0.335. The molecule has 0 saturated heterocycles. The zero-order valence-corrected chi connectivity index (χ0v) is 8.60. The van der Waals surface area contributed by atoms with Gasteiger partial charge in [0.2, 0.25) is 0 Å². The summed E-state index contributed by atoms with van der Waals surface area (Å²) in [5, 5.41) is 0. The van der Waals surface area contributed by atoms with Crippen molar-refractivity contribution in [2.24, 2.45) is 5.73 Å². The quantitative estimate of drug-likeness (QED) is 0.759. The molecule has 1 saturated carbocycles. The number of hydrogen-bond acceptors (Lipinski definition) is 1. The van der Waals surface area contributed by atoms with Crippen LogP contribution in [0.3, 0.4) is 0 Å². The molecule has 1 aliphatic carbocycles. The zero-order chi connectivity index (χ0) is 10.9. The Balaban J connectivity index is 2.38. The highest BCUT2D eigenvalue weighted by molar-refractivity contribution is 5.27. The molecule has 2 rings (SSSR count). The Hall–Kier alpha value is -0.960. The van der Waals surface area contributed by atoms with Gasteiger partial charge in [0.25, 0.3) is 0 Å². The maximum atomic E-state index is 13.6. The van der Waals surface area contributed by atoms with E-state index in [1.165, 1.54) is 6.07 Å². The molecule has 3 heteroatoms. The van der Waals surface area contributed by atoms with Gasteiger partial charge >= 0.3 is 0 Å². The predicted octanol–water partition coefficient (Wildman–Crippen LogP) is 3.08. The van der Waals surface area contributed by atoms with Crippen molar-refractivity contribution < 1.29 is 8.78 Å². The van der Waals surface area contributed by atoms with Crippen molar-refractivity contribution in [2.75, 3.05) is 0 Å². The summed E-state index contributed by atoms with van der Waals surface area (Å²) in [4.78, 5) is 0. The number of nitrogens with two attached hydrogens (primary N) is 1. The molecule has 0 amide bonds. The lowest BCUT2D eigenvalue weighted by Crippen LogP contribution is -2.39. The van der Waals surface area contributed by atoms with Gasteiger partial charge < -0.3 is 5.73 Å². The zero-order valence-electron chi connectivity index (χ0n) is 8.60. The van der Waals surface area contributed by atoms with E-state index in [1.807, 2.05) is 0 Å². The van der Waals surface area contributed by atoms with E-state index in [0.29, 0.717) is 5.56 Å². The normalized spacial score (nSPS) is 20.2. The Labute approximate surface area is 88.3 Å². The van der Waals surface area contributed by atoms with E-state index >= 15 is 0 Å². The van der Waals surface area contributed by atoms with Crippen LogP contribution in [-0.2, 0) is 5.54 Å². The molecule has 0 radical (unpaired) electrons. The smallest absolute Gasteiger partial charge is 0.128 e. The first-order valence-corrected chi connectivity index (χ1v) is 5.36. The monoisotopic (exact) mass is 211 g/mol. The standard InChI is InChI=1S/C12H15F2N/c13-9-4-5-11(14)10(8-9)12(15)6-2-1-3-7-12/h4-5,8H,1-3,6-7,15H2. The summed E-state index contributed by atoms with van der Waals surface area (Å²) in [6.07, 6.45) is 4.61. The molecule has 0 aliphatic heterocycles. The number of rotatable bonds is 1. The Morgan fingerprint density at radius 2 is 1.73 bits per heavy atom. The summed E-state index contributed by atoms with van der Waals surface area (Å²) in [6.45, 7) is 0. The third-order valence-corrected chi connectivity index (χ3v) is 3.21. The van der Waals surface area contributed by atoms with Crippen LogP contribution in [0.1, 0.15) is 37.7 Å². The molecule has 0 unspecified atom stereocenters. The molecule has 1 aromatic carbocycles. The molecule has 0 aromatic heterocycles. The lowest BCUT2D eigenvalue weighted by molar-refractivity contribution is 0.292. The van der Waals surface area contributed by atoms with Crippen molar-refractivity contribution >= 4 is 0 Å². The maximum absolute atomic E-state index is 13.6. The Morgan fingerprint density at radius 1 is 1.07 bits per heavy atom. The van der Waals surface area contributed by atoms with Crippen LogP contribution in [0.15, 0.2) is 18.2 Å². The summed E-state index contributed by atoms with van der Waals surface area (Å²) >= 11 is 0. The molecule has 0 bridgehead atoms. The summed E-state index contributed by atoms with van der Waals surface area (Å²) in [6, 6.07) is 3.53. The van der Waals surface area contributed by atoms with E-state index in [9.17, 15) is 8.78 Å². The molecule has 82 valence electrons. The number of benzene rings is 1. The van der Waals surface area contributed by atoms with Gasteiger partial charge in [-0.05, 0) is 31.0 Å². The van der Waals surface area contributed by atoms with Gasteiger partial charge in [0.15, 0.2) is 0 Å². The van der Waals surface area contributed by atoms with Crippen LogP contribution < -0.4 is 5.73 Å². The Bertz CT molecular complexity index is 357. The van der Waals surface area contributed by atoms with Crippen LogP contribution in [0.4, 0.5) is 8.78 Å². The van der Waals surface area contributed by atoms with E-state index in [0.717, 1.165) is 44.2 Å². The van der Waals surface area contributed by atoms with Crippen LogP contribution in [0, 0.1) is 11.6 Å². The second kappa shape index (κ2) is 3.89. The van der Waals surface area contributed by atoms with Crippen molar-refractivity contribution in [3.8, 4) is 0 Å². The van der Waals surface area contributed by atoms with Gasteiger partial charge in [-0.2, -0.15) is 0 Å². The van der Waals surface area contributed by atoms with E-state index < -0.39 is 11.4 Å². The van der Waals surface area contributed by atoms with Crippen molar-refractivity contribution in [3.05, 3.63) is 35.4 Å². The lowest BCUT2D eigenvalue weighted by Gasteiger charge is -2.34. The first kappa shape index (κ1) is 10.6. The fraction of sp³-hybridized carbons (Fsp3) is 0.500. The van der Waals surface area contributed by atoms with E-state index in [-0.39, 0.29) is 5.82 Å². The van der Waals surface area contributed by atoms with E-state index in [2.05, 4.69) is 0 Å². The van der Waals surface area contributed by atoms with Crippen LogP contribution in [0.2, 0.25) is 0 Å². The van der Waals surface area contributed by atoms with E-state index in [4.69, 9.17) is 5.73 Å². The first-order chi connectivity index (χ1) is 7.12. The van der Waals surface area contributed by atoms with Crippen LogP contribution in [0.25, 0.3) is 0 Å². The molecule has 0 spiro atoms. The van der Waals surface area contributed by atoms with Crippen LogP contribution in [-0.4, -0.2) is 0 Å². The van der Waals surface area contributed by atoms with Crippen LogP contribution in [0.5, 0.6) is 0 Å². The minimum Gasteiger partial charge on any atom is -0.321 e. The fourth-order valence-corrected chi connectivity index (χ4v) is 2.33. The van der Waals surface area contributed by atoms with Gasteiger partial charge in [-0.15, -0.1) is 0 Å². The second-order valence-electron chi connectivity index (χ2n) is 4.34. The van der Waals surface area contributed by atoms with Gasteiger partial charge in [-0.3, -0.25) is 0 Å². The highest BCUT2D eigenvalue weighted by Gasteiger charge is 2.32. The highest BCUT2D eigenvalue weighted by atomic mass is 19.1. The Morgan fingerprint density at radius 3 is 2.40 bits per heavy atom. The molecular formula is C12H15F2N. The second-order valence-corrected chi connectivity index (χ2v) is 4.34. The van der Waals surface area contributed by atoms with Gasteiger partial charge in [-0.1, -0.05) is 19.3 Å². The first-order valence-electron chi connectivity index (χ1n) is 5.36. The van der Waals surface area contributed by atoms with Gasteiger partial charge in [-0.25, -0.2) is 8.78 Å². The molecule has 15 heavy (non-hydrogen) atoms. The molecular weight excluding hydrogens is 196 g/mol. The highest BCUT2D eigenvalue weighted by Crippen LogP contribution is 2.36. The van der Waals surface area contributed by atoms with Crippen LogP contribution >= 0.6 is 0 Å². The third-order valence-electron chi connectivity index (χ3n) is 3.21. The Kier molecular flexibility index (Phi) is 2.74. The summed E-state index contributed by atoms with van der Waals surface area (Å²) in [7, 11) is 0. The molecule has 0 atom stereocenters. The topological polar surface area (TPSA) is 26.0 Å². The molecule has 1 fully saturated rings. The lowest BCUT2D eigenvalue weighted by atomic mass is 9.77. The minimum atomic E-state index is -0.662. The maximum Gasteiger partial charge on any atom is 0.128 e. The van der Waals surface area contributed by atoms with Gasteiger partial charge in [0.1, 0.15) is 11.6 Å². The number of halogens is 2. The van der Waals surface area contributed by atoms with Crippen molar-refractivity contribution in [3.63, 3.8) is 0 Å².